The summed E-state index contributed by atoms with van der Waals surface area (Å²) in [5, 5.41) is 9.77. The minimum Gasteiger partial charge on any atom is -0.393 e. The number of anilines is 1. The zero-order chi connectivity index (χ0) is 12.7. The van der Waals surface area contributed by atoms with Crippen molar-refractivity contribution in [3.8, 4) is 0 Å². The monoisotopic (exact) mass is 249 g/mol. The molecular weight excluding hydrogens is 233 g/mol. The van der Waals surface area contributed by atoms with Crippen molar-refractivity contribution in [2.45, 2.75) is 43.9 Å². The van der Waals surface area contributed by atoms with Crippen molar-refractivity contribution in [3.05, 3.63) is 29.6 Å². The second-order valence-electron chi connectivity index (χ2n) is 5.21. The molecule has 0 saturated carbocycles. The van der Waals surface area contributed by atoms with Crippen LogP contribution in [0.15, 0.2) is 18.2 Å². The first-order chi connectivity index (χ1) is 8.70. The van der Waals surface area contributed by atoms with Gasteiger partial charge in [-0.3, -0.25) is 4.79 Å². The molecule has 1 aromatic rings. The predicted octanol–water partition coefficient (Wildman–Crippen LogP) is 2.13. The van der Waals surface area contributed by atoms with Gasteiger partial charge in [-0.1, -0.05) is 6.07 Å². The average molecular weight is 249 g/mol. The van der Waals surface area contributed by atoms with Crippen LogP contribution in [0.5, 0.6) is 0 Å². The lowest BCUT2D eigenvalue weighted by molar-refractivity contribution is 0.111. The van der Waals surface area contributed by atoms with Crippen LogP contribution in [0.25, 0.3) is 0 Å². The first-order valence-electron chi connectivity index (χ1n) is 6.41. The van der Waals surface area contributed by atoms with E-state index in [-0.39, 0.29) is 23.8 Å². The molecule has 0 spiro atoms. The molecular formula is C14H16FNO2. The molecule has 0 radical (unpaired) electrons. The summed E-state index contributed by atoms with van der Waals surface area (Å²) in [5.41, 5.74) is 0.829. The second-order valence-corrected chi connectivity index (χ2v) is 5.21. The van der Waals surface area contributed by atoms with E-state index in [2.05, 4.69) is 4.90 Å². The number of hydrogen-bond donors (Lipinski definition) is 1. The number of aldehydes is 1. The van der Waals surface area contributed by atoms with Gasteiger partial charge in [-0.25, -0.2) is 4.39 Å². The zero-order valence-electron chi connectivity index (χ0n) is 10.1. The number of fused-ring (bicyclic) bond motifs is 2. The van der Waals surface area contributed by atoms with Crippen molar-refractivity contribution in [1.29, 1.82) is 0 Å². The summed E-state index contributed by atoms with van der Waals surface area (Å²) in [5.74, 6) is -0.465. The molecule has 3 rings (SSSR count). The highest BCUT2D eigenvalue weighted by Gasteiger charge is 2.41. The molecule has 2 bridgehead atoms. The molecule has 2 heterocycles. The highest BCUT2D eigenvalue weighted by atomic mass is 19.1. The van der Waals surface area contributed by atoms with Gasteiger partial charge in [0.05, 0.1) is 17.4 Å². The maximum atomic E-state index is 13.6. The topological polar surface area (TPSA) is 40.5 Å². The number of benzene rings is 1. The second kappa shape index (κ2) is 4.35. The largest absolute Gasteiger partial charge is 0.393 e. The van der Waals surface area contributed by atoms with Gasteiger partial charge in [0.1, 0.15) is 5.82 Å². The Morgan fingerprint density at radius 3 is 2.56 bits per heavy atom. The molecule has 2 aliphatic heterocycles. The highest BCUT2D eigenvalue weighted by Crippen LogP contribution is 2.40. The van der Waals surface area contributed by atoms with E-state index in [1.54, 1.807) is 12.1 Å². The van der Waals surface area contributed by atoms with Gasteiger partial charge in [-0.2, -0.15) is 0 Å². The van der Waals surface area contributed by atoms with Gasteiger partial charge in [0.25, 0.3) is 0 Å². The zero-order valence-corrected chi connectivity index (χ0v) is 10.1. The average Bonchev–Trinajstić information content (AvgIpc) is 2.61. The lowest BCUT2D eigenvalue weighted by Crippen LogP contribution is -2.45. The summed E-state index contributed by atoms with van der Waals surface area (Å²) in [4.78, 5) is 13.2. The molecule has 0 aliphatic carbocycles. The van der Waals surface area contributed by atoms with Crippen LogP contribution in [0, 0.1) is 5.82 Å². The molecule has 1 aromatic carbocycles. The van der Waals surface area contributed by atoms with Gasteiger partial charge in [-0.15, -0.1) is 0 Å². The number of nitrogens with zero attached hydrogens (tertiary/aromatic N) is 1. The van der Waals surface area contributed by atoms with Crippen LogP contribution in [-0.2, 0) is 0 Å². The van der Waals surface area contributed by atoms with Crippen LogP contribution in [-0.4, -0.2) is 29.6 Å². The van der Waals surface area contributed by atoms with Gasteiger partial charge in [0, 0.05) is 12.1 Å². The van der Waals surface area contributed by atoms with E-state index in [0.717, 1.165) is 12.8 Å². The minimum atomic E-state index is -0.465. The maximum absolute atomic E-state index is 13.6. The SMILES string of the molecule is O=Cc1c(F)cccc1N1C2CCC1CC(O)C2. The Kier molecular flexibility index (Phi) is 2.82. The van der Waals surface area contributed by atoms with E-state index in [1.165, 1.54) is 6.07 Å². The van der Waals surface area contributed by atoms with Crippen molar-refractivity contribution in [2.75, 3.05) is 4.90 Å². The quantitative estimate of drug-likeness (QED) is 0.816. The summed E-state index contributed by atoms with van der Waals surface area (Å²) in [7, 11) is 0. The fourth-order valence-corrected chi connectivity index (χ4v) is 3.41. The van der Waals surface area contributed by atoms with Gasteiger partial charge in [0.15, 0.2) is 6.29 Å². The molecule has 2 saturated heterocycles. The summed E-state index contributed by atoms with van der Waals surface area (Å²) in [6.45, 7) is 0. The number of piperidine rings is 1. The van der Waals surface area contributed by atoms with Crippen LogP contribution >= 0.6 is 0 Å². The van der Waals surface area contributed by atoms with Crippen molar-refractivity contribution in [2.24, 2.45) is 0 Å². The molecule has 1 N–H and O–H groups in total. The number of hydrogen-bond acceptors (Lipinski definition) is 3. The Balaban J connectivity index is 2.01. The Morgan fingerprint density at radius 2 is 1.94 bits per heavy atom. The molecule has 18 heavy (non-hydrogen) atoms. The van der Waals surface area contributed by atoms with Crippen molar-refractivity contribution in [1.82, 2.24) is 0 Å². The fourth-order valence-electron chi connectivity index (χ4n) is 3.41. The van der Waals surface area contributed by atoms with E-state index in [9.17, 15) is 14.3 Å². The molecule has 0 aromatic heterocycles. The lowest BCUT2D eigenvalue weighted by Gasteiger charge is -2.39. The van der Waals surface area contributed by atoms with E-state index < -0.39 is 5.82 Å². The fraction of sp³-hybridized carbons (Fsp3) is 0.500. The molecule has 96 valence electrons. The Morgan fingerprint density at radius 1 is 1.28 bits per heavy atom. The lowest BCUT2D eigenvalue weighted by atomic mass is 9.98. The molecule has 2 atom stereocenters. The summed E-state index contributed by atoms with van der Waals surface area (Å²) >= 11 is 0. The molecule has 2 unspecified atom stereocenters. The number of carbonyl (C=O) groups excluding carboxylic acids is 1. The summed E-state index contributed by atoms with van der Waals surface area (Å²) in [6.07, 6.45) is 3.78. The molecule has 3 nitrogen and oxygen atoms in total. The molecule has 2 aliphatic rings. The van der Waals surface area contributed by atoms with Crippen molar-refractivity contribution in [3.63, 3.8) is 0 Å². The normalized spacial score (nSPS) is 30.6. The number of rotatable bonds is 2. The van der Waals surface area contributed by atoms with Crippen molar-refractivity contribution < 1.29 is 14.3 Å². The first-order valence-corrected chi connectivity index (χ1v) is 6.41. The number of halogens is 1. The smallest absolute Gasteiger partial charge is 0.155 e. The third-order valence-electron chi connectivity index (χ3n) is 4.13. The molecule has 4 heteroatoms. The van der Waals surface area contributed by atoms with Gasteiger partial charge in [0.2, 0.25) is 0 Å². The summed E-state index contributed by atoms with van der Waals surface area (Å²) < 4.78 is 13.6. The van der Waals surface area contributed by atoms with E-state index in [0.29, 0.717) is 24.8 Å². The van der Waals surface area contributed by atoms with Gasteiger partial charge >= 0.3 is 0 Å². The van der Waals surface area contributed by atoms with Gasteiger partial charge in [-0.05, 0) is 37.8 Å². The minimum absolute atomic E-state index is 0.144. The number of carbonyl (C=O) groups is 1. The highest BCUT2D eigenvalue weighted by molar-refractivity contribution is 5.85. The predicted molar refractivity (Wildman–Crippen MR) is 66.3 cm³/mol. The van der Waals surface area contributed by atoms with Crippen LogP contribution < -0.4 is 4.90 Å². The third-order valence-corrected chi connectivity index (χ3v) is 4.13. The van der Waals surface area contributed by atoms with Crippen LogP contribution in [0.3, 0.4) is 0 Å². The van der Waals surface area contributed by atoms with Crippen LogP contribution in [0.4, 0.5) is 10.1 Å². The standard InChI is InChI=1S/C14H16FNO2/c15-13-2-1-3-14(12(13)8-17)16-9-4-5-10(16)7-11(18)6-9/h1-3,8-11,18H,4-7H2. The van der Waals surface area contributed by atoms with E-state index in [1.807, 2.05) is 0 Å². The Labute approximate surface area is 105 Å². The van der Waals surface area contributed by atoms with Crippen LogP contribution in [0.2, 0.25) is 0 Å². The van der Waals surface area contributed by atoms with Crippen molar-refractivity contribution >= 4 is 12.0 Å². The molecule has 2 fully saturated rings. The maximum Gasteiger partial charge on any atom is 0.155 e. The number of aliphatic hydroxyl groups is 1. The Hall–Kier alpha value is -1.42. The van der Waals surface area contributed by atoms with Gasteiger partial charge < -0.3 is 10.0 Å². The van der Waals surface area contributed by atoms with Crippen LogP contribution in [0.1, 0.15) is 36.0 Å². The first kappa shape index (κ1) is 11.7. The third kappa shape index (κ3) is 1.72. The van der Waals surface area contributed by atoms with E-state index in [4.69, 9.17) is 0 Å². The number of aliphatic hydroxyl groups excluding tert-OH is 1. The molecule has 0 amide bonds. The Bertz CT molecular complexity index is 463. The van der Waals surface area contributed by atoms with E-state index >= 15 is 0 Å². The summed E-state index contributed by atoms with van der Waals surface area (Å²) in [6, 6.07) is 5.23.